The number of aryl methyl sites for hydroxylation is 1. The van der Waals surface area contributed by atoms with E-state index in [1.54, 1.807) is 35.0 Å². The van der Waals surface area contributed by atoms with Crippen LogP contribution in [-0.4, -0.2) is 51.7 Å². The van der Waals surface area contributed by atoms with Crippen LogP contribution in [0.2, 0.25) is 0 Å². The predicted octanol–water partition coefficient (Wildman–Crippen LogP) is 2.86. The summed E-state index contributed by atoms with van der Waals surface area (Å²) in [6.45, 7) is 6.38. The summed E-state index contributed by atoms with van der Waals surface area (Å²) in [5.41, 5.74) is 1.49. The van der Waals surface area contributed by atoms with Crippen molar-refractivity contribution >= 4 is 21.9 Å². The average Bonchev–Trinajstić information content (AvgIpc) is 3.44. The second-order valence-corrected chi connectivity index (χ2v) is 10.1. The van der Waals surface area contributed by atoms with Crippen LogP contribution in [0.4, 0.5) is 6.01 Å². The minimum Gasteiger partial charge on any atom is -0.401 e. The quantitative estimate of drug-likeness (QED) is 0.602. The SMILES string of the molecule is Cc1ccc(S(=O)(=O)N2CCCC(C(=O)Nc3nnc(-c4ccn(C(C)C)n4)o3)C2)cc1. The van der Waals surface area contributed by atoms with Gasteiger partial charge >= 0.3 is 6.01 Å². The summed E-state index contributed by atoms with van der Waals surface area (Å²) in [5.74, 6) is -0.664. The Morgan fingerprint density at radius 1 is 1.19 bits per heavy atom. The van der Waals surface area contributed by atoms with Crippen LogP contribution in [0.5, 0.6) is 0 Å². The van der Waals surface area contributed by atoms with Gasteiger partial charge in [-0.15, -0.1) is 5.10 Å². The van der Waals surface area contributed by atoms with Gasteiger partial charge < -0.3 is 4.42 Å². The molecular weight excluding hydrogens is 432 g/mol. The lowest BCUT2D eigenvalue weighted by atomic mass is 9.99. The molecule has 0 radical (unpaired) electrons. The lowest BCUT2D eigenvalue weighted by Crippen LogP contribution is -2.43. The number of amides is 1. The number of nitrogens with zero attached hydrogens (tertiary/aromatic N) is 5. The van der Waals surface area contributed by atoms with Crippen molar-refractivity contribution in [3.05, 3.63) is 42.1 Å². The van der Waals surface area contributed by atoms with Gasteiger partial charge in [0, 0.05) is 25.3 Å². The highest BCUT2D eigenvalue weighted by atomic mass is 32.2. The molecule has 1 atom stereocenters. The largest absolute Gasteiger partial charge is 0.401 e. The monoisotopic (exact) mass is 458 g/mol. The van der Waals surface area contributed by atoms with Gasteiger partial charge in [0.1, 0.15) is 5.69 Å². The molecule has 0 aliphatic carbocycles. The van der Waals surface area contributed by atoms with Gasteiger partial charge in [0.05, 0.1) is 10.8 Å². The number of nitrogens with one attached hydrogen (secondary N) is 1. The molecule has 2 aromatic heterocycles. The third kappa shape index (κ3) is 4.58. The lowest BCUT2D eigenvalue weighted by molar-refractivity contribution is -0.121. The Balaban J connectivity index is 1.42. The van der Waals surface area contributed by atoms with Crippen LogP contribution >= 0.6 is 0 Å². The third-order valence-electron chi connectivity index (χ3n) is 5.43. The molecule has 1 unspecified atom stereocenters. The zero-order valence-electron chi connectivity index (χ0n) is 18.2. The smallest absolute Gasteiger partial charge is 0.322 e. The van der Waals surface area contributed by atoms with Crippen LogP contribution < -0.4 is 5.32 Å². The Labute approximate surface area is 186 Å². The van der Waals surface area contributed by atoms with E-state index >= 15 is 0 Å². The zero-order valence-corrected chi connectivity index (χ0v) is 19.0. The number of hydrogen-bond acceptors (Lipinski definition) is 7. The van der Waals surface area contributed by atoms with Gasteiger partial charge in [-0.2, -0.15) is 9.40 Å². The fraction of sp³-hybridized carbons (Fsp3) is 0.429. The van der Waals surface area contributed by atoms with E-state index in [0.717, 1.165) is 5.56 Å². The van der Waals surface area contributed by atoms with Gasteiger partial charge in [0.2, 0.25) is 15.9 Å². The summed E-state index contributed by atoms with van der Waals surface area (Å²) in [7, 11) is -3.66. The summed E-state index contributed by atoms with van der Waals surface area (Å²) in [6.07, 6.45) is 2.98. The summed E-state index contributed by atoms with van der Waals surface area (Å²) in [5, 5.41) is 14.8. The molecule has 1 aliphatic heterocycles. The highest BCUT2D eigenvalue weighted by Gasteiger charge is 2.33. The number of benzene rings is 1. The molecular formula is C21H26N6O4S. The van der Waals surface area contributed by atoms with E-state index in [4.69, 9.17) is 4.42 Å². The van der Waals surface area contributed by atoms with E-state index in [9.17, 15) is 13.2 Å². The molecule has 1 amide bonds. The second kappa shape index (κ2) is 8.83. The fourth-order valence-corrected chi connectivity index (χ4v) is 5.08. The van der Waals surface area contributed by atoms with Gasteiger partial charge in [-0.1, -0.05) is 22.8 Å². The summed E-state index contributed by atoms with van der Waals surface area (Å²) < 4.78 is 34.6. The Morgan fingerprint density at radius 2 is 1.94 bits per heavy atom. The molecule has 4 rings (SSSR count). The molecule has 32 heavy (non-hydrogen) atoms. The summed E-state index contributed by atoms with van der Waals surface area (Å²) >= 11 is 0. The molecule has 170 valence electrons. The van der Waals surface area contributed by atoms with E-state index in [-0.39, 0.29) is 35.3 Å². The predicted molar refractivity (Wildman–Crippen MR) is 117 cm³/mol. The van der Waals surface area contributed by atoms with Gasteiger partial charge in [-0.3, -0.25) is 14.8 Å². The summed E-state index contributed by atoms with van der Waals surface area (Å²) in [4.78, 5) is 13.0. The molecule has 1 aliphatic rings. The highest BCUT2D eigenvalue weighted by Crippen LogP contribution is 2.25. The minimum absolute atomic E-state index is 0.0392. The standard InChI is InChI=1S/C21H26N6O4S/c1-14(2)27-12-10-18(25-27)20-23-24-21(31-20)22-19(28)16-5-4-11-26(13-16)32(29,30)17-8-6-15(3)7-9-17/h6-10,12,14,16H,4-5,11,13H2,1-3H3,(H,22,24,28). The maximum atomic E-state index is 13.0. The number of anilines is 1. The third-order valence-corrected chi connectivity index (χ3v) is 7.30. The van der Waals surface area contributed by atoms with Crippen molar-refractivity contribution in [3.8, 4) is 11.6 Å². The molecule has 3 aromatic rings. The number of carbonyl (C=O) groups is 1. The van der Waals surface area contributed by atoms with Crippen molar-refractivity contribution < 1.29 is 17.6 Å². The normalized spacial score (nSPS) is 17.6. The first-order chi connectivity index (χ1) is 15.2. The van der Waals surface area contributed by atoms with Crippen molar-refractivity contribution in [2.24, 2.45) is 5.92 Å². The van der Waals surface area contributed by atoms with Crippen molar-refractivity contribution in [3.63, 3.8) is 0 Å². The molecule has 0 saturated carbocycles. The maximum Gasteiger partial charge on any atom is 0.322 e. The number of hydrogen-bond donors (Lipinski definition) is 1. The van der Waals surface area contributed by atoms with Crippen molar-refractivity contribution in [1.82, 2.24) is 24.3 Å². The molecule has 0 bridgehead atoms. The van der Waals surface area contributed by atoms with E-state index in [0.29, 0.717) is 25.1 Å². The Kier molecular flexibility index (Phi) is 6.11. The van der Waals surface area contributed by atoms with E-state index in [2.05, 4.69) is 20.6 Å². The lowest BCUT2D eigenvalue weighted by Gasteiger charge is -2.30. The molecule has 11 heteroatoms. The van der Waals surface area contributed by atoms with E-state index in [1.807, 2.05) is 27.0 Å². The molecule has 3 heterocycles. The Morgan fingerprint density at radius 3 is 2.62 bits per heavy atom. The van der Waals surface area contributed by atoms with Gasteiger partial charge in [0.15, 0.2) is 0 Å². The van der Waals surface area contributed by atoms with Crippen molar-refractivity contribution in [2.45, 2.75) is 44.6 Å². The van der Waals surface area contributed by atoms with Crippen molar-refractivity contribution in [2.75, 3.05) is 18.4 Å². The number of piperidine rings is 1. The highest BCUT2D eigenvalue weighted by molar-refractivity contribution is 7.89. The Hall–Kier alpha value is -3.05. The molecule has 0 spiro atoms. The molecule has 10 nitrogen and oxygen atoms in total. The summed E-state index contributed by atoms with van der Waals surface area (Å²) in [6, 6.07) is 8.62. The number of sulfonamides is 1. The van der Waals surface area contributed by atoms with E-state index in [1.165, 1.54) is 4.31 Å². The van der Waals surface area contributed by atoms with Crippen LogP contribution in [-0.2, 0) is 14.8 Å². The fourth-order valence-electron chi connectivity index (χ4n) is 3.56. The first-order valence-electron chi connectivity index (χ1n) is 10.5. The maximum absolute atomic E-state index is 13.0. The molecule has 1 fully saturated rings. The van der Waals surface area contributed by atoms with Crippen LogP contribution in [0.15, 0.2) is 45.8 Å². The second-order valence-electron chi connectivity index (χ2n) is 8.19. The molecule has 1 saturated heterocycles. The zero-order chi connectivity index (χ0) is 22.9. The minimum atomic E-state index is -3.66. The van der Waals surface area contributed by atoms with Crippen LogP contribution in [0, 0.1) is 12.8 Å². The first-order valence-corrected chi connectivity index (χ1v) is 11.9. The first kappa shape index (κ1) is 22.2. The Bertz CT molecular complexity index is 1200. The van der Waals surface area contributed by atoms with Crippen LogP contribution in [0.1, 0.15) is 38.3 Å². The molecule has 1 N–H and O–H groups in total. The van der Waals surface area contributed by atoms with Gasteiger partial charge in [0.25, 0.3) is 5.89 Å². The number of rotatable bonds is 6. The van der Waals surface area contributed by atoms with Gasteiger partial charge in [-0.05, 0) is 51.8 Å². The van der Waals surface area contributed by atoms with Crippen LogP contribution in [0.3, 0.4) is 0 Å². The number of aromatic nitrogens is 4. The average molecular weight is 459 g/mol. The topological polar surface area (TPSA) is 123 Å². The van der Waals surface area contributed by atoms with Crippen molar-refractivity contribution in [1.29, 1.82) is 0 Å². The van der Waals surface area contributed by atoms with E-state index < -0.39 is 15.9 Å². The number of carbonyl (C=O) groups excluding carboxylic acids is 1. The van der Waals surface area contributed by atoms with Crippen LogP contribution in [0.25, 0.3) is 11.6 Å². The van der Waals surface area contributed by atoms with Gasteiger partial charge in [-0.25, -0.2) is 8.42 Å². The molecule has 1 aromatic carbocycles.